The van der Waals surface area contributed by atoms with Gasteiger partial charge in [0.25, 0.3) is 0 Å². The van der Waals surface area contributed by atoms with Gasteiger partial charge in [-0.05, 0) is 55.5 Å². The number of carbonyl (C=O) groups is 1. The molecule has 34 heavy (non-hydrogen) atoms. The number of rotatable bonds is 2. The highest BCUT2D eigenvalue weighted by Crippen LogP contribution is 2.43. The molecule has 3 aliphatic heterocycles. The van der Waals surface area contributed by atoms with E-state index in [2.05, 4.69) is 58.5 Å². The van der Waals surface area contributed by atoms with Gasteiger partial charge >= 0.3 is 6.03 Å². The Morgan fingerprint density at radius 2 is 2.00 bits per heavy atom. The molecule has 1 aromatic rings. The Morgan fingerprint density at radius 1 is 1.32 bits per heavy atom. The number of aliphatic imine (C=N–C) groups is 1. The molecule has 0 spiro atoms. The summed E-state index contributed by atoms with van der Waals surface area (Å²) in [6.07, 6.45) is 1.20. The minimum Gasteiger partial charge on any atom is -0.330 e. The number of nitrogens with one attached hydrogen (secondary N) is 3. The number of halogens is 1. The van der Waals surface area contributed by atoms with Crippen LogP contribution in [0.25, 0.3) is 0 Å². The van der Waals surface area contributed by atoms with E-state index in [1.165, 1.54) is 6.20 Å². The molecule has 0 bridgehead atoms. The van der Waals surface area contributed by atoms with Crippen molar-refractivity contribution in [2.75, 3.05) is 20.1 Å². The minimum absolute atomic E-state index is 0.0133. The molecule has 0 saturated carbocycles. The van der Waals surface area contributed by atoms with E-state index in [0.717, 1.165) is 17.8 Å². The molecule has 1 fully saturated rings. The number of nitrogens with zero attached hydrogens (tertiary/aromatic N) is 5. The van der Waals surface area contributed by atoms with E-state index in [1.54, 1.807) is 0 Å². The van der Waals surface area contributed by atoms with Crippen LogP contribution in [-0.4, -0.2) is 74.6 Å². The van der Waals surface area contributed by atoms with Crippen molar-refractivity contribution in [1.82, 2.24) is 35.5 Å². The number of aromatic nitrogens is 2. The maximum absolute atomic E-state index is 15.1. The van der Waals surface area contributed by atoms with Crippen LogP contribution in [0.15, 0.2) is 17.0 Å². The van der Waals surface area contributed by atoms with Gasteiger partial charge in [-0.2, -0.15) is 5.10 Å². The third-order valence-electron chi connectivity index (χ3n) is 7.40. The first kappa shape index (κ1) is 24.5. The van der Waals surface area contributed by atoms with E-state index in [9.17, 15) is 4.79 Å². The van der Waals surface area contributed by atoms with Crippen molar-refractivity contribution in [2.24, 2.45) is 10.7 Å². The predicted octanol–water partition coefficient (Wildman–Crippen LogP) is 1.87. The zero-order chi connectivity index (χ0) is 25.2. The van der Waals surface area contributed by atoms with Crippen molar-refractivity contribution < 1.29 is 9.18 Å². The van der Waals surface area contributed by atoms with Gasteiger partial charge in [0.15, 0.2) is 17.4 Å². The molecule has 0 radical (unpaired) electrons. The summed E-state index contributed by atoms with van der Waals surface area (Å²) in [5.41, 5.74) is 5.88. The van der Waals surface area contributed by atoms with Crippen LogP contribution >= 0.6 is 0 Å². The third-order valence-corrected chi connectivity index (χ3v) is 7.40. The number of hydrogen-bond donors (Lipinski definition) is 4. The van der Waals surface area contributed by atoms with Crippen LogP contribution in [0.4, 0.5) is 9.18 Å². The monoisotopic (exact) mass is 475 g/mol. The first-order chi connectivity index (χ1) is 15.7. The Balaban J connectivity index is 1.66. The van der Waals surface area contributed by atoms with E-state index < -0.39 is 17.0 Å². The number of piperazine rings is 1. The Bertz CT molecular complexity index is 1040. The van der Waals surface area contributed by atoms with Crippen molar-refractivity contribution in [3.05, 3.63) is 29.0 Å². The molecule has 1 unspecified atom stereocenters. The van der Waals surface area contributed by atoms with Crippen molar-refractivity contribution in [3.8, 4) is 0 Å². The smallest absolute Gasteiger partial charge is 0.321 e. The van der Waals surface area contributed by atoms with E-state index >= 15 is 4.39 Å². The summed E-state index contributed by atoms with van der Waals surface area (Å²) in [6.45, 7) is 15.8. The number of H-pyrrole nitrogens is 1. The van der Waals surface area contributed by atoms with Crippen LogP contribution in [0.5, 0.6) is 0 Å². The molecule has 2 atom stereocenters. The van der Waals surface area contributed by atoms with Crippen molar-refractivity contribution in [3.63, 3.8) is 0 Å². The van der Waals surface area contributed by atoms with Crippen LogP contribution < -0.4 is 16.4 Å². The number of fused-ring (bicyclic) bond motifs is 1. The van der Waals surface area contributed by atoms with Gasteiger partial charge in [0, 0.05) is 42.5 Å². The number of urea groups is 1. The van der Waals surface area contributed by atoms with Crippen molar-refractivity contribution >= 4 is 12.0 Å². The van der Waals surface area contributed by atoms with Gasteiger partial charge < -0.3 is 20.4 Å². The summed E-state index contributed by atoms with van der Waals surface area (Å²) >= 11 is 0. The number of carbonyl (C=O) groups excluding carboxylic acids is 1. The quantitative estimate of drug-likeness (QED) is 0.519. The predicted molar refractivity (Wildman–Crippen MR) is 129 cm³/mol. The molecule has 1 aromatic heterocycles. The first-order valence-corrected chi connectivity index (χ1v) is 11.8. The van der Waals surface area contributed by atoms with Crippen LogP contribution in [0.3, 0.4) is 0 Å². The molecule has 188 valence electrons. The van der Waals surface area contributed by atoms with Crippen molar-refractivity contribution in [1.29, 1.82) is 0 Å². The zero-order valence-corrected chi connectivity index (χ0v) is 21.5. The highest BCUT2D eigenvalue weighted by Gasteiger charge is 2.51. The molecule has 4 rings (SSSR count). The molecule has 10 nitrogen and oxygen atoms in total. The Hall–Kier alpha value is -2.66. The summed E-state index contributed by atoms with van der Waals surface area (Å²) in [4.78, 5) is 24.3. The van der Waals surface area contributed by atoms with Crippen LogP contribution in [0.2, 0.25) is 0 Å². The largest absolute Gasteiger partial charge is 0.330 e. The topological polar surface area (TPSA) is 118 Å². The van der Waals surface area contributed by atoms with E-state index in [4.69, 9.17) is 5.73 Å². The Kier molecular flexibility index (Phi) is 5.72. The van der Waals surface area contributed by atoms with Crippen LogP contribution in [0, 0.1) is 0 Å². The fourth-order valence-electron chi connectivity index (χ4n) is 5.02. The summed E-state index contributed by atoms with van der Waals surface area (Å²) in [6, 6.07) is 0.0113. The Labute approximate surface area is 200 Å². The number of amides is 2. The van der Waals surface area contributed by atoms with Gasteiger partial charge in [0.1, 0.15) is 5.69 Å². The lowest BCUT2D eigenvalue weighted by Gasteiger charge is -2.50. The lowest BCUT2D eigenvalue weighted by atomic mass is 9.95. The highest BCUT2D eigenvalue weighted by atomic mass is 19.1. The molecule has 3 aliphatic rings. The molecule has 0 aromatic carbocycles. The van der Waals surface area contributed by atoms with Gasteiger partial charge in [0.2, 0.25) is 0 Å². The molecule has 11 heteroatoms. The van der Waals surface area contributed by atoms with Gasteiger partial charge in [-0.1, -0.05) is 0 Å². The number of aromatic amines is 1. The van der Waals surface area contributed by atoms with Gasteiger partial charge in [0.05, 0.1) is 17.8 Å². The molecular formula is C23H38FN9O. The van der Waals surface area contributed by atoms with E-state index in [0.29, 0.717) is 18.2 Å². The maximum atomic E-state index is 15.1. The van der Waals surface area contributed by atoms with Crippen LogP contribution in [-0.2, 0) is 17.7 Å². The average molecular weight is 476 g/mol. The lowest BCUT2D eigenvalue weighted by molar-refractivity contribution is 0.00688. The summed E-state index contributed by atoms with van der Waals surface area (Å²) < 4.78 is 15.1. The SMILES string of the molecule is CC(C)N=C1NC=C(F)C(N)(c2n[nH]c3c2CN(C(=O)N2CC(C)(C)N(C)C[C@@H]2C)C3(C)C)N1. The number of nitrogens with two attached hydrogens (primary N) is 1. The van der Waals surface area contributed by atoms with Gasteiger partial charge in [-0.15, -0.1) is 0 Å². The minimum atomic E-state index is -1.69. The van der Waals surface area contributed by atoms with E-state index in [-0.39, 0.29) is 30.2 Å². The highest BCUT2D eigenvalue weighted by molar-refractivity contribution is 5.84. The normalized spacial score (nSPS) is 29.7. The second-order valence-corrected chi connectivity index (χ2v) is 11.2. The molecule has 0 aliphatic carbocycles. The fourth-order valence-corrected chi connectivity index (χ4v) is 5.02. The summed E-state index contributed by atoms with van der Waals surface area (Å²) in [7, 11) is 2.09. The number of likely N-dealkylation sites (N-methyl/N-ethyl adjacent to an activating group) is 1. The second kappa shape index (κ2) is 7.94. The zero-order valence-electron chi connectivity index (χ0n) is 21.5. The first-order valence-electron chi connectivity index (χ1n) is 11.8. The van der Waals surface area contributed by atoms with Gasteiger partial charge in [-0.3, -0.25) is 20.7 Å². The van der Waals surface area contributed by atoms with Crippen LogP contribution in [0.1, 0.15) is 65.4 Å². The molecule has 2 amide bonds. The Morgan fingerprint density at radius 3 is 2.65 bits per heavy atom. The summed E-state index contributed by atoms with van der Waals surface area (Å²) in [5.74, 6) is -0.240. The third kappa shape index (κ3) is 3.74. The van der Waals surface area contributed by atoms with Crippen molar-refractivity contribution in [2.45, 2.75) is 83.8 Å². The molecule has 1 saturated heterocycles. The maximum Gasteiger partial charge on any atom is 0.321 e. The average Bonchev–Trinajstić information content (AvgIpc) is 3.26. The second-order valence-electron chi connectivity index (χ2n) is 11.2. The molecular weight excluding hydrogens is 437 g/mol. The number of hydrogen-bond acceptors (Lipinski definition) is 5. The molecule has 5 N–H and O–H groups in total. The fraction of sp³-hybridized carbons (Fsp3) is 0.696. The van der Waals surface area contributed by atoms with E-state index in [1.807, 2.05) is 37.5 Å². The lowest BCUT2D eigenvalue weighted by Crippen LogP contribution is -2.65. The molecule has 4 heterocycles. The summed E-state index contributed by atoms with van der Waals surface area (Å²) in [5, 5.41) is 13.2. The number of guanidine groups is 1. The standard InChI is InChI=1S/C23H38FN9O/c1-13(2)27-19-26-9-16(24)23(25,28-19)18-15-11-33(22(6,7)17(15)29-30-18)20(34)32-12-21(4,5)31(8)10-14(32)3/h9,13-14H,10-12,25H2,1-8H3,(H,29,30)(H2,26,27,28)/t14-,23?/m0/s1. The van der Waals surface area contributed by atoms with Gasteiger partial charge in [-0.25, -0.2) is 9.18 Å².